The third kappa shape index (κ3) is 3.90. The van der Waals surface area contributed by atoms with Crippen molar-refractivity contribution in [2.75, 3.05) is 6.67 Å². The van der Waals surface area contributed by atoms with E-state index in [1.807, 2.05) is 0 Å². The first-order valence-electron chi connectivity index (χ1n) is 7.47. The van der Waals surface area contributed by atoms with Crippen LogP contribution in [-0.2, 0) is 0 Å². The molecule has 0 aliphatic heterocycles. The summed E-state index contributed by atoms with van der Waals surface area (Å²) in [6.45, 7) is -4.17. The summed E-state index contributed by atoms with van der Waals surface area (Å²) in [6, 6.07) is 0. The molecule has 0 fully saturated rings. The summed E-state index contributed by atoms with van der Waals surface area (Å²) in [4.78, 5) is 0. The Bertz CT molecular complexity index is 802. The Morgan fingerprint density at radius 2 is 0.472 bits per heavy atom. The summed E-state index contributed by atoms with van der Waals surface area (Å²) >= 11 is 3.23. The van der Waals surface area contributed by atoms with Gasteiger partial charge in [0.2, 0.25) is 0 Å². The summed E-state index contributed by atoms with van der Waals surface area (Å²) in [5, 5.41) is -7.13. The fourth-order valence-electron chi connectivity index (χ4n) is 1.87. The maximum Gasteiger partial charge on any atom is 0.393 e. The molecular weight excluding hydrogens is 617 g/mol. The van der Waals surface area contributed by atoms with Crippen molar-refractivity contribution in [3.8, 4) is 0 Å². The van der Waals surface area contributed by atoms with Crippen molar-refractivity contribution in [2.45, 2.75) is 64.6 Å². The van der Waals surface area contributed by atoms with Gasteiger partial charge in [-0.15, -0.1) is 0 Å². The van der Waals surface area contributed by atoms with Crippen LogP contribution in [0.1, 0.15) is 0 Å². The van der Waals surface area contributed by atoms with E-state index >= 15 is 0 Å². The number of halogens is 24. The number of rotatable bonds is 11. The fraction of sp³-hybridized carbons (Fsp3) is 1.00. The third-order valence-corrected chi connectivity index (χ3v) is 4.38. The highest BCUT2D eigenvalue weighted by Gasteiger charge is 2.98. The van der Waals surface area contributed by atoms with Gasteiger partial charge in [0, 0.05) is 0 Å². The molecule has 36 heavy (non-hydrogen) atoms. The van der Waals surface area contributed by atoms with Crippen molar-refractivity contribution in [3.05, 3.63) is 0 Å². The van der Waals surface area contributed by atoms with Gasteiger partial charge in [-0.25, -0.2) is 4.39 Å². The van der Waals surface area contributed by atoms with Gasteiger partial charge in [0.1, 0.15) is 0 Å². The van der Waals surface area contributed by atoms with Crippen LogP contribution in [0.3, 0.4) is 0 Å². The SMILES string of the molecule is FCC(F)(F)C(F)(F)C(F)(F)C(F)(F)C(F)(F)C(F)(F)C(F)(F)C(F)(F)C(F)(F)C(F)(F)C(F)(F)Cl. The molecule has 218 valence electrons. The van der Waals surface area contributed by atoms with E-state index in [2.05, 4.69) is 11.6 Å². The first kappa shape index (κ1) is 34.7. The standard InChI is InChI=1S/C12H2ClF23/c13-12(35,36)11(33,34)10(31,32)9(29,30)8(27,28)7(25,26)6(23,24)5(21,22)4(19,20)3(17,18)2(15,16)1-14/h1H2. The van der Waals surface area contributed by atoms with E-state index in [9.17, 15) is 101 Å². The number of hydrogen-bond donors (Lipinski definition) is 0. The van der Waals surface area contributed by atoms with Crippen LogP contribution >= 0.6 is 11.6 Å². The molecule has 0 unspecified atom stereocenters. The molecule has 0 aromatic rings. The Morgan fingerprint density at radius 3 is 0.639 bits per heavy atom. The molecule has 24 heteroatoms. The summed E-state index contributed by atoms with van der Waals surface area (Å²) in [7, 11) is 0. The predicted octanol–water partition coefficient (Wildman–Crippen LogP) is 8.14. The lowest BCUT2D eigenvalue weighted by molar-refractivity contribution is -0.472. The van der Waals surface area contributed by atoms with Gasteiger partial charge in [0.15, 0.2) is 6.67 Å². The zero-order valence-corrected chi connectivity index (χ0v) is 16.0. The quantitative estimate of drug-likeness (QED) is 0.162. The highest BCUT2D eigenvalue weighted by Crippen LogP contribution is 2.67. The van der Waals surface area contributed by atoms with Gasteiger partial charge in [-0.2, -0.15) is 96.6 Å². The average molecular weight is 619 g/mol. The topological polar surface area (TPSA) is 0 Å². The molecule has 0 aliphatic carbocycles. The molecule has 0 heterocycles. The van der Waals surface area contributed by atoms with E-state index in [4.69, 9.17) is 0 Å². The van der Waals surface area contributed by atoms with E-state index in [1.165, 1.54) is 0 Å². The zero-order valence-electron chi connectivity index (χ0n) is 15.3. The molecular formula is C12H2ClF23. The molecule has 0 rings (SSSR count). The van der Waals surface area contributed by atoms with Gasteiger partial charge < -0.3 is 0 Å². The average Bonchev–Trinajstić information content (AvgIpc) is 2.65. The smallest absolute Gasteiger partial charge is 0.244 e. The zero-order chi connectivity index (χ0) is 30.2. The van der Waals surface area contributed by atoms with E-state index in [0.29, 0.717) is 0 Å². The van der Waals surface area contributed by atoms with Crippen molar-refractivity contribution in [1.29, 1.82) is 0 Å². The van der Waals surface area contributed by atoms with Crippen molar-refractivity contribution in [3.63, 3.8) is 0 Å². The second-order valence-corrected chi connectivity index (χ2v) is 6.98. The Kier molecular flexibility index (Phi) is 8.03. The van der Waals surface area contributed by atoms with Crippen LogP contribution in [0, 0.1) is 0 Å². The largest absolute Gasteiger partial charge is 0.393 e. The Balaban J connectivity index is 7.18. The minimum absolute atomic E-state index is 3.23. The fourth-order valence-corrected chi connectivity index (χ4v) is 1.99. The van der Waals surface area contributed by atoms with Crippen molar-refractivity contribution < 1.29 is 101 Å². The lowest BCUT2D eigenvalue weighted by atomic mass is 9.85. The van der Waals surface area contributed by atoms with Gasteiger partial charge in [-0.05, 0) is 11.6 Å². The predicted molar refractivity (Wildman–Crippen MR) is 66.2 cm³/mol. The molecule has 0 aliphatic rings. The molecule has 0 bridgehead atoms. The molecule has 0 amide bonds. The van der Waals surface area contributed by atoms with Crippen molar-refractivity contribution in [1.82, 2.24) is 0 Å². The van der Waals surface area contributed by atoms with Crippen molar-refractivity contribution in [2.24, 2.45) is 0 Å². The highest BCUT2D eigenvalue weighted by atomic mass is 35.5. The van der Waals surface area contributed by atoms with Gasteiger partial charge in [-0.1, -0.05) is 0 Å². The van der Waals surface area contributed by atoms with Crippen molar-refractivity contribution >= 4 is 11.6 Å². The van der Waals surface area contributed by atoms with Gasteiger partial charge in [-0.3, -0.25) is 0 Å². The minimum atomic E-state index is -9.36. The Labute approximate surface area is 185 Å². The number of hydrogen-bond acceptors (Lipinski definition) is 0. The normalized spacial score (nSPS) is 17.0. The van der Waals surface area contributed by atoms with Gasteiger partial charge >= 0.3 is 64.6 Å². The van der Waals surface area contributed by atoms with Crippen LogP contribution in [0.4, 0.5) is 101 Å². The maximum atomic E-state index is 13.4. The minimum Gasteiger partial charge on any atom is -0.244 e. The van der Waals surface area contributed by atoms with Crippen LogP contribution in [-0.4, -0.2) is 71.3 Å². The molecule has 0 aromatic heterocycles. The third-order valence-electron chi connectivity index (χ3n) is 4.14. The lowest BCUT2D eigenvalue weighted by Crippen LogP contribution is -2.77. The lowest BCUT2D eigenvalue weighted by Gasteiger charge is -2.45. The number of alkyl halides is 24. The van der Waals surface area contributed by atoms with Gasteiger partial charge in [0.25, 0.3) is 0 Å². The summed E-state index contributed by atoms with van der Waals surface area (Å²) in [5.74, 6) is -87.4. The van der Waals surface area contributed by atoms with E-state index < -0.39 is 71.3 Å². The molecule has 0 aromatic carbocycles. The van der Waals surface area contributed by atoms with Gasteiger partial charge in [0.05, 0.1) is 0 Å². The molecule has 0 spiro atoms. The monoisotopic (exact) mass is 618 g/mol. The van der Waals surface area contributed by atoms with E-state index in [-0.39, 0.29) is 0 Å². The van der Waals surface area contributed by atoms with E-state index in [0.717, 1.165) is 0 Å². The second-order valence-electron chi connectivity index (χ2n) is 6.51. The maximum absolute atomic E-state index is 13.4. The van der Waals surface area contributed by atoms with Crippen LogP contribution in [0.5, 0.6) is 0 Å². The van der Waals surface area contributed by atoms with Crippen LogP contribution < -0.4 is 0 Å². The second kappa shape index (κ2) is 8.34. The van der Waals surface area contributed by atoms with Crippen LogP contribution in [0.2, 0.25) is 0 Å². The first-order chi connectivity index (χ1) is 15.1. The van der Waals surface area contributed by atoms with Crippen LogP contribution in [0.15, 0.2) is 0 Å². The molecule has 0 radical (unpaired) electrons. The molecule has 0 atom stereocenters. The molecule has 0 saturated heterocycles. The summed E-state index contributed by atoms with van der Waals surface area (Å²) in [5.41, 5.74) is 0. The van der Waals surface area contributed by atoms with E-state index in [1.54, 1.807) is 0 Å². The molecule has 0 nitrogen and oxygen atoms in total. The Morgan fingerprint density at radius 1 is 0.306 bits per heavy atom. The molecule has 0 N–H and O–H groups in total. The first-order valence-corrected chi connectivity index (χ1v) is 7.85. The summed E-state index contributed by atoms with van der Waals surface area (Å²) < 4.78 is 299. The summed E-state index contributed by atoms with van der Waals surface area (Å²) in [6.07, 6.45) is 0. The highest BCUT2D eigenvalue weighted by molar-refractivity contribution is 6.22. The molecule has 0 saturated carbocycles. The van der Waals surface area contributed by atoms with Crippen LogP contribution in [0.25, 0.3) is 0 Å². The Hall–Kier alpha value is -1.32.